The van der Waals surface area contributed by atoms with E-state index in [-0.39, 0.29) is 0 Å². The van der Waals surface area contributed by atoms with E-state index in [2.05, 4.69) is 10.1 Å². The Morgan fingerprint density at radius 2 is 2.14 bits per heavy atom. The number of rotatable bonds is 5. The number of thioether (sulfide) groups is 1. The minimum absolute atomic E-state index is 0.349. The van der Waals surface area contributed by atoms with Crippen LogP contribution in [-0.2, 0) is 13.6 Å². The van der Waals surface area contributed by atoms with Gasteiger partial charge in [-0.15, -0.1) is 0 Å². The molecule has 0 radical (unpaired) electrons. The van der Waals surface area contributed by atoms with Crippen LogP contribution in [0.25, 0.3) is 0 Å². The van der Waals surface area contributed by atoms with Gasteiger partial charge in [-0.2, -0.15) is 0 Å². The average Bonchev–Trinajstić information content (AvgIpc) is 2.57. The van der Waals surface area contributed by atoms with Gasteiger partial charge in [0.2, 0.25) is 0 Å². The molecule has 0 aromatic rings. The van der Waals surface area contributed by atoms with E-state index < -0.39 is 7.75 Å². The standard InChI is InChI=1S/C7H15N2O3PS/c1-3-11-13(10,12-4-2)9-7-8-5-6-14-7/h3-6H2,1-2H3,(H,8,9,10). The fourth-order valence-electron chi connectivity index (χ4n) is 0.962. The van der Waals surface area contributed by atoms with Gasteiger partial charge in [-0.1, -0.05) is 11.8 Å². The number of nitrogens with zero attached hydrogens (tertiary/aromatic N) is 1. The number of aliphatic imine (C=N–C) groups is 1. The van der Waals surface area contributed by atoms with Crippen molar-refractivity contribution < 1.29 is 13.6 Å². The molecule has 0 aromatic heterocycles. The van der Waals surface area contributed by atoms with Crippen molar-refractivity contribution >= 4 is 24.7 Å². The van der Waals surface area contributed by atoms with Crippen LogP contribution in [0.1, 0.15) is 13.8 Å². The second-order valence-electron chi connectivity index (χ2n) is 2.48. The first kappa shape index (κ1) is 12.0. The summed E-state index contributed by atoms with van der Waals surface area (Å²) in [4.78, 5) is 4.12. The van der Waals surface area contributed by atoms with E-state index in [1.165, 1.54) is 11.8 Å². The number of hydrogen-bond acceptors (Lipinski definition) is 5. The van der Waals surface area contributed by atoms with Crippen molar-refractivity contribution in [3.8, 4) is 0 Å². The van der Waals surface area contributed by atoms with Crippen molar-refractivity contribution in [1.29, 1.82) is 0 Å². The van der Waals surface area contributed by atoms with Gasteiger partial charge in [0.15, 0.2) is 5.17 Å². The van der Waals surface area contributed by atoms with Gasteiger partial charge < -0.3 is 0 Å². The third-order valence-electron chi connectivity index (χ3n) is 1.42. The molecule has 0 amide bonds. The average molecular weight is 238 g/mol. The molecule has 7 heteroatoms. The summed E-state index contributed by atoms with van der Waals surface area (Å²) in [7, 11) is -3.17. The molecule has 0 fully saturated rings. The Morgan fingerprint density at radius 1 is 1.50 bits per heavy atom. The van der Waals surface area contributed by atoms with Crippen LogP contribution in [0.3, 0.4) is 0 Å². The quantitative estimate of drug-likeness (QED) is 0.741. The fourth-order valence-corrected chi connectivity index (χ4v) is 3.30. The van der Waals surface area contributed by atoms with Crippen molar-refractivity contribution in [2.75, 3.05) is 25.5 Å². The Balaban J connectivity index is 2.53. The molecule has 82 valence electrons. The van der Waals surface area contributed by atoms with E-state index in [1.807, 2.05) is 0 Å². The fraction of sp³-hybridized carbons (Fsp3) is 0.857. The maximum absolute atomic E-state index is 11.9. The highest BCUT2D eigenvalue weighted by atomic mass is 32.2. The Kier molecular flexibility index (Phi) is 4.95. The summed E-state index contributed by atoms with van der Waals surface area (Å²) in [5.41, 5.74) is 0. The predicted molar refractivity (Wildman–Crippen MR) is 58.8 cm³/mol. The lowest BCUT2D eigenvalue weighted by Crippen LogP contribution is -2.19. The van der Waals surface area contributed by atoms with Crippen LogP contribution in [-0.4, -0.2) is 30.7 Å². The number of nitrogens with one attached hydrogen (secondary N) is 1. The summed E-state index contributed by atoms with van der Waals surface area (Å²) in [6.07, 6.45) is 0. The highest BCUT2D eigenvalue weighted by molar-refractivity contribution is 8.14. The Hall–Kier alpha value is -0.0300. The van der Waals surface area contributed by atoms with Crippen LogP contribution in [0.15, 0.2) is 4.99 Å². The van der Waals surface area contributed by atoms with Crippen molar-refractivity contribution in [3.05, 3.63) is 0 Å². The SMILES string of the molecule is CCOP(=O)(NC1=NCCS1)OCC. The van der Waals surface area contributed by atoms with Gasteiger partial charge >= 0.3 is 7.75 Å². The Bertz CT molecular complexity index is 249. The van der Waals surface area contributed by atoms with Crippen LogP contribution in [0, 0.1) is 0 Å². The molecule has 1 aliphatic heterocycles. The van der Waals surface area contributed by atoms with Crippen molar-refractivity contribution in [1.82, 2.24) is 5.09 Å². The molecule has 0 bridgehead atoms. The third kappa shape index (κ3) is 3.61. The maximum Gasteiger partial charge on any atom is 0.434 e. The highest BCUT2D eigenvalue weighted by Crippen LogP contribution is 2.44. The molecule has 0 atom stereocenters. The molecule has 1 aliphatic rings. The van der Waals surface area contributed by atoms with Crippen LogP contribution in [0.5, 0.6) is 0 Å². The monoisotopic (exact) mass is 238 g/mol. The predicted octanol–water partition coefficient (Wildman–Crippen LogP) is 1.86. The van der Waals surface area contributed by atoms with E-state index in [9.17, 15) is 4.57 Å². The zero-order valence-corrected chi connectivity index (χ0v) is 10.1. The van der Waals surface area contributed by atoms with Crippen LogP contribution < -0.4 is 5.09 Å². The molecule has 1 N–H and O–H groups in total. The van der Waals surface area contributed by atoms with Gasteiger partial charge in [0.25, 0.3) is 0 Å². The number of hydrogen-bond donors (Lipinski definition) is 1. The highest BCUT2D eigenvalue weighted by Gasteiger charge is 2.26. The molecule has 0 saturated carbocycles. The molecule has 0 aromatic carbocycles. The van der Waals surface area contributed by atoms with Gasteiger partial charge in [0.1, 0.15) is 0 Å². The summed E-state index contributed by atoms with van der Waals surface area (Å²) < 4.78 is 22.0. The largest absolute Gasteiger partial charge is 0.434 e. The molecule has 5 nitrogen and oxygen atoms in total. The van der Waals surface area contributed by atoms with Crippen molar-refractivity contribution in [2.45, 2.75) is 13.8 Å². The first-order chi connectivity index (χ1) is 6.70. The van der Waals surface area contributed by atoms with Gasteiger partial charge in [0, 0.05) is 5.75 Å². The van der Waals surface area contributed by atoms with E-state index in [4.69, 9.17) is 9.05 Å². The van der Waals surface area contributed by atoms with Crippen molar-refractivity contribution in [2.24, 2.45) is 4.99 Å². The van der Waals surface area contributed by atoms with E-state index in [0.717, 1.165) is 12.3 Å². The first-order valence-electron chi connectivity index (χ1n) is 4.55. The summed E-state index contributed by atoms with van der Waals surface area (Å²) in [6, 6.07) is 0. The molecule has 0 aliphatic carbocycles. The smallest absolute Gasteiger partial charge is 0.293 e. The minimum atomic E-state index is -3.17. The summed E-state index contributed by atoms with van der Waals surface area (Å²) >= 11 is 1.53. The lowest BCUT2D eigenvalue weighted by molar-refractivity contribution is 0.216. The van der Waals surface area contributed by atoms with E-state index in [0.29, 0.717) is 18.4 Å². The third-order valence-corrected chi connectivity index (χ3v) is 4.14. The molecule has 14 heavy (non-hydrogen) atoms. The zero-order valence-electron chi connectivity index (χ0n) is 8.36. The molecule has 1 heterocycles. The van der Waals surface area contributed by atoms with Gasteiger partial charge in [-0.3, -0.25) is 19.1 Å². The molecule has 1 rings (SSSR count). The number of amidine groups is 1. The van der Waals surface area contributed by atoms with E-state index >= 15 is 0 Å². The summed E-state index contributed by atoms with van der Waals surface area (Å²) in [6.45, 7) is 5.00. The van der Waals surface area contributed by atoms with Crippen molar-refractivity contribution in [3.63, 3.8) is 0 Å². The van der Waals surface area contributed by atoms with Crippen LogP contribution >= 0.6 is 19.5 Å². The second-order valence-corrected chi connectivity index (χ2v) is 5.30. The molecule has 0 saturated heterocycles. The molecule has 0 spiro atoms. The van der Waals surface area contributed by atoms with Crippen LogP contribution in [0.4, 0.5) is 0 Å². The maximum atomic E-state index is 11.9. The summed E-state index contributed by atoms with van der Waals surface area (Å²) in [5.74, 6) is 0.917. The van der Waals surface area contributed by atoms with Crippen LogP contribution in [0.2, 0.25) is 0 Å². The topological polar surface area (TPSA) is 59.9 Å². The lowest BCUT2D eigenvalue weighted by atomic mass is 10.8. The molecule has 0 unspecified atom stereocenters. The minimum Gasteiger partial charge on any atom is -0.293 e. The zero-order chi connectivity index (χ0) is 10.4. The molecular weight excluding hydrogens is 223 g/mol. The second kappa shape index (κ2) is 5.75. The Morgan fingerprint density at radius 3 is 2.57 bits per heavy atom. The normalized spacial score (nSPS) is 16.9. The first-order valence-corrected chi connectivity index (χ1v) is 7.07. The Labute approximate surface area is 88.2 Å². The lowest BCUT2D eigenvalue weighted by Gasteiger charge is -2.17. The van der Waals surface area contributed by atoms with Gasteiger partial charge in [-0.25, -0.2) is 4.57 Å². The van der Waals surface area contributed by atoms with Gasteiger partial charge in [0.05, 0.1) is 19.8 Å². The van der Waals surface area contributed by atoms with E-state index in [1.54, 1.807) is 13.8 Å². The van der Waals surface area contributed by atoms with Gasteiger partial charge in [-0.05, 0) is 13.8 Å². The summed E-state index contributed by atoms with van der Waals surface area (Å²) in [5, 5.41) is 3.37. The molecular formula is C7H15N2O3PS.